The van der Waals surface area contributed by atoms with Crippen molar-refractivity contribution in [3.05, 3.63) is 42.5 Å². The molecule has 0 aliphatic rings. The molecule has 0 radical (unpaired) electrons. The lowest BCUT2D eigenvalue weighted by Gasteiger charge is -2.08. The van der Waals surface area contributed by atoms with Gasteiger partial charge in [-0.3, -0.25) is 0 Å². The number of hydrogen-bond donors (Lipinski definition) is 0. The lowest BCUT2D eigenvalue weighted by Crippen LogP contribution is -2.15. The van der Waals surface area contributed by atoms with Gasteiger partial charge in [-0.15, -0.1) is 0 Å². The molecule has 0 saturated heterocycles. The highest BCUT2D eigenvalue weighted by Gasteiger charge is 2.08. The van der Waals surface area contributed by atoms with E-state index in [2.05, 4.69) is 0 Å². The van der Waals surface area contributed by atoms with Crippen LogP contribution in [0.25, 0.3) is 10.8 Å². The van der Waals surface area contributed by atoms with Crippen LogP contribution in [0.5, 0.6) is 5.75 Å². The highest BCUT2D eigenvalue weighted by Crippen LogP contribution is 2.20. The number of benzene rings is 2. The average molecular weight is 230 g/mol. The molecular weight excluding hydrogens is 216 g/mol. The van der Waals surface area contributed by atoms with Gasteiger partial charge in [-0.2, -0.15) is 0 Å². The summed E-state index contributed by atoms with van der Waals surface area (Å²) in [6.45, 7) is 3.56. The Bertz CT molecular complexity index is 532. The van der Waals surface area contributed by atoms with E-state index >= 15 is 0 Å². The Morgan fingerprint density at radius 3 is 2.47 bits per heavy atom. The molecule has 0 atom stereocenters. The lowest BCUT2D eigenvalue weighted by atomic mass is 10.1. The second-order valence-corrected chi connectivity index (χ2v) is 4.03. The third-order valence-corrected chi connectivity index (χ3v) is 2.25. The van der Waals surface area contributed by atoms with Crippen molar-refractivity contribution in [1.29, 1.82) is 0 Å². The molecule has 0 amide bonds. The summed E-state index contributed by atoms with van der Waals surface area (Å²) >= 11 is 0. The van der Waals surface area contributed by atoms with Crippen LogP contribution in [0.1, 0.15) is 13.8 Å². The largest absolute Gasteiger partial charge is 0.514 e. The van der Waals surface area contributed by atoms with Crippen LogP contribution < -0.4 is 4.74 Å². The van der Waals surface area contributed by atoms with E-state index in [0.717, 1.165) is 10.8 Å². The third-order valence-electron chi connectivity index (χ3n) is 2.25. The highest BCUT2D eigenvalue weighted by molar-refractivity contribution is 5.84. The fourth-order valence-corrected chi connectivity index (χ4v) is 1.54. The van der Waals surface area contributed by atoms with E-state index in [-0.39, 0.29) is 6.10 Å². The van der Waals surface area contributed by atoms with E-state index in [0.29, 0.717) is 5.75 Å². The number of fused-ring (bicyclic) bond motifs is 1. The van der Waals surface area contributed by atoms with Gasteiger partial charge < -0.3 is 9.47 Å². The fourth-order valence-electron chi connectivity index (χ4n) is 1.54. The standard InChI is InChI=1S/C14H14O3/c1-10(2)16-14(15)17-13-8-7-11-5-3-4-6-12(11)9-13/h3-10H,1-2H3. The van der Waals surface area contributed by atoms with Crippen LogP contribution >= 0.6 is 0 Å². The van der Waals surface area contributed by atoms with Crippen molar-refractivity contribution in [3.63, 3.8) is 0 Å². The maximum Gasteiger partial charge on any atom is 0.514 e. The van der Waals surface area contributed by atoms with Crippen LogP contribution in [-0.2, 0) is 4.74 Å². The number of carbonyl (C=O) groups excluding carboxylic acids is 1. The normalized spacial score (nSPS) is 10.5. The van der Waals surface area contributed by atoms with Crippen molar-refractivity contribution in [2.75, 3.05) is 0 Å². The van der Waals surface area contributed by atoms with E-state index in [1.54, 1.807) is 19.9 Å². The Morgan fingerprint density at radius 1 is 1.06 bits per heavy atom. The molecule has 0 aliphatic carbocycles. The first-order chi connectivity index (χ1) is 8.15. The van der Waals surface area contributed by atoms with Crippen LogP contribution in [-0.4, -0.2) is 12.3 Å². The third kappa shape index (κ3) is 2.97. The zero-order valence-corrected chi connectivity index (χ0v) is 9.84. The molecular formula is C14H14O3. The Morgan fingerprint density at radius 2 is 1.76 bits per heavy atom. The molecule has 0 spiro atoms. The van der Waals surface area contributed by atoms with Crippen molar-refractivity contribution >= 4 is 16.9 Å². The van der Waals surface area contributed by atoms with Gasteiger partial charge in [0.15, 0.2) is 0 Å². The summed E-state index contributed by atoms with van der Waals surface area (Å²) in [5.74, 6) is 0.495. The molecule has 3 nitrogen and oxygen atoms in total. The van der Waals surface area contributed by atoms with Crippen molar-refractivity contribution in [3.8, 4) is 5.75 Å². The first kappa shape index (κ1) is 11.5. The molecule has 0 unspecified atom stereocenters. The average Bonchev–Trinajstić information content (AvgIpc) is 2.27. The molecule has 0 N–H and O–H groups in total. The van der Waals surface area contributed by atoms with Crippen LogP contribution in [0.4, 0.5) is 4.79 Å². The number of ether oxygens (including phenoxy) is 2. The molecule has 0 saturated carbocycles. The van der Waals surface area contributed by atoms with Crippen LogP contribution in [0.2, 0.25) is 0 Å². The number of rotatable bonds is 2. The molecule has 0 heterocycles. The molecule has 2 rings (SSSR count). The lowest BCUT2D eigenvalue weighted by molar-refractivity contribution is 0.0729. The summed E-state index contributed by atoms with van der Waals surface area (Å²) < 4.78 is 9.98. The van der Waals surface area contributed by atoms with E-state index < -0.39 is 6.16 Å². The van der Waals surface area contributed by atoms with Crippen LogP contribution in [0.15, 0.2) is 42.5 Å². The zero-order valence-electron chi connectivity index (χ0n) is 9.84. The minimum Gasteiger partial charge on any atom is -0.431 e. The molecule has 17 heavy (non-hydrogen) atoms. The smallest absolute Gasteiger partial charge is 0.431 e. The summed E-state index contributed by atoms with van der Waals surface area (Å²) in [7, 11) is 0. The van der Waals surface area contributed by atoms with Crippen molar-refractivity contribution in [2.24, 2.45) is 0 Å². The highest BCUT2D eigenvalue weighted by atomic mass is 16.7. The maximum atomic E-state index is 11.3. The van der Waals surface area contributed by atoms with Gasteiger partial charge in [-0.1, -0.05) is 30.3 Å². The van der Waals surface area contributed by atoms with E-state index in [4.69, 9.17) is 9.47 Å². The van der Waals surface area contributed by atoms with Gasteiger partial charge in [0.1, 0.15) is 5.75 Å². The van der Waals surface area contributed by atoms with Crippen LogP contribution in [0.3, 0.4) is 0 Å². The maximum absolute atomic E-state index is 11.3. The van der Waals surface area contributed by atoms with E-state index in [1.807, 2.05) is 36.4 Å². The number of hydrogen-bond acceptors (Lipinski definition) is 3. The predicted octanol–water partition coefficient (Wildman–Crippen LogP) is 3.76. The van der Waals surface area contributed by atoms with Crippen molar-refractivity contribution in [1.82, 2.24) is 0 Å². The monoisotopic (exact) mass is 230 g/mol. The molecule has 88 valence electrons. The van der Waals surface area contributed by atoms with Gasteiger partial charge in [0.05, 0.1) is 6.10 Å². The first-order valence-corrected chi connectivity index (χ1v) is 5.52. The number of carbonyl (C=O) groups is 1. The molecule has 2 aromatic rings. The molecule has 0 bridgehead atoms. The zero-order chi connectivity index (χ0) is 12.3. The van der Waals surface area contributed by atoms with Crippen LogP contribution in [0, 0.1) is 0 Å². The molecule has 0 fully saturated rings. The predicted molar refractivity (Wildman–Crippen MR) is 66.2 cm³/mol. The molecule has 2 aromatic carbocycles. The van der Waals surface area contributed by atoms with Gasteiger partial charge in [0.25, 0.3) is 0 Å². The Hall–Kier alpha value is -2.03. The first-order valence-electron chi connectivity index (χ1n) is 5.52. The summed E-state index contributed by atoms with van der Waals surface area (Å²) in [4.78, 5) is 11.3. The van der Waals surface area contributed by atoms with Gasteiger partial charge >= 0.3 is 6.16 Å². The van der Waals surface area contributed by atoms with Gasteiger partial charge in [-0.25, -0.2) is 4.79 Å². The second kappa shape index (κ2) is 4.87. The minimum absolute atomic E-state index is 0.178. The summed E-state index contributed by atoms with van der Waals surface area (Å²) in [6, 6.07) is 13.4. The Balaban J connectivity index is 2.17. The summed E-state index contributed by atoms with van der Waals surface area (Å²) in [5, 5.41) is 2.14. The minimum atomic E-state index is -0.671. The molecule has 0 aliphatic heterocycles. The van der Waals surface area contributed by atoms with E-state index in [1.165, 1.54) is 0 Å². The molecule has 3 heteroatoms. The van der Waals surface area contributed by atoms with E-state index in [9.17, 15) is 4.79 Å². The van der Waals surface area contributed by atoms with Gasteiger partial charge in [-0.05, 0) is 36.8 Å². The topological polar surface area (TPSA) is 35.5 Å². The fraction of sp³-hybridized carbons (Fsp3) is 0.214. The SMILES string of the molecule is CC(C)OC(=O)Oc1ccc2ccccc2c1. The quantitative estimate of drug-likeness (QED) is 0.582. The summed E-state index contributed by atoms with van der Waals surface area (Å²) in [5.41, 5.74) is 0. The van der Waals surface area contributed by atoms with Crippen molar-refractivity contribution < 1.29 is 14.3 Å². The van der Waals surface area contributed by atoms with Crippen molar-refractivity contribution in [2.45, 2.75) is 20.0 Å². The summed E-state index contributed by atoms with van der Waals surface area (Å²) in [6.07, 6.45) is -0.849. The van der Waals surface area contributed by atoms with Gasteiger partial charge in [0.2, 0.25) is 0 Å². The Kier molecular flexibility index (Phi) is 3.28. The Labute approximate surface area is 100.0 Å². The van der Waals surface area contributed by atoms with Gasteiger partial charge in [0, 0.05) is 0 Å². The second-order valence-electron chi connectivity index (χ2n) is 4.03. The molecule has 0 aromatic heterocycles.